The van der Waals surface area contributed by atoms with Crippen LogP contribution in [0.1, 0.15) is 12.5 Å². The van der Waals surface area contributed by atoms with Crippen LogP contribution in [0.15, 0.2) is 42.7 Å². The molecule has 4 heteroatoms. The number of allylic oxidation sites excluding steroid dienone is 1. The summed E-state index contributed by atoms with van der Waals surface area (Å²) in [5, 5.41) is 9.16. The first-order valence-electron chi connectivity index (χ1n) is 5.17. The molecule has 1 heterocycles. The van der Waals surface area contributed by atoms with E-state index in [9.17, 15) is 9.59 Å². The molecule has 1 aromatic carbocycles. The Morgan fingerprint density at radius 1 is 1.41 bits per heavy atom. The highest BCUT2D eigenvalue weighted by Gasteiger charge is 2.55. The molecule has 2 rings (SSSR count). The van der Waals surface area contributed by atoms with E-state index in [2.05, 4.69) is 6.58 Å². The maximum absolute atomic E-state index is 11.6. The van der Waals surface area contributed by atoms with Crippen LogP contribution in [0.3, 0.4) is 0 Å². The minimum atomic E-state index is -1.24. The van der Waals surface area contributed by atoms with E-state index in [1.165, 1.54) is 0 Å². The zero-order valence-corrected chi connectivity index (χ0v) is 9.34. The maximum Gasteiger partial charge on any atom is 0.326 e. The minimum Gasteiger partial charge on any atom is -0.481 e. The summed E-state index contributed by atoms with van der Waals surface area (Å²) in [5.74, 6) is -3.01. The molecule has 0 bridgehead atoms. The number of aliphatic carboxylic acids is 1. The fourth-order valence-corrected chi connectivity index (χ4v) is 2.14. The summed E-state index contributed by atoms with van der Waals surface area (Å²) >= 11 is 0. The van der Waals surface area contributed by atoms with E-state index < -0.39 is 23.3 Å². The van der Waals surface area contributed by atoms with E-state index in [1.807, 2.05) is 6.07 Å². The highest BCUT2D eigenvalue weighted by Crippen LogP contribution is 2.45. The van der Waals surface area contributed by atoms with E-state index in [1.54, 1.807) is 31.2 Å². The minimum absolute atomic E-state index is 0.182. The van der Waals surface area contributed by atoms with Crippen LogP contribution in [-0.2, 0) is 19.7 Å². The van der Waals surface area contributed by atoms with Gasteiger partial charge in [-0.25, -0.2) is 0 Å². The Balaban J connectivity index is 2.57. The fourth-order valence-electron chi connectivity index (χ4n) is 2.14. The van der Waals surface area contributed by atoms with Crippen LogP contribution in [0.2, 0.25) is 0 Å². The van der Waals surface area contributed by atoms with Crippen molar-refractivity contribution in [1.29, 1.82) is 0 Å². The Hall–Kier alpha value is -2.10. The molecular weight excluding hydrogens is 220 g/mol. The van der Waals surface area contributed by atoms with E-state index in [-0.39, 0.29) is 5.76 Å². The fraction of sp³-hybridized carbons (Fsp3) is 0.231. The first-order valence-corrected chi connectivity index (χ1v) is 5.17. The summed E-state index contributed by atoms with van der Waals surface area (Å²) in [5.41, 5.74) is -0.298. The molecule has 1 aromatic rings. The van der Waals surface area contributed by atoms with Crippen molar-refractivity contribution in [2.24, 2.45) is 5.92 Å². The molecule has 1 saturated heterocycles. The van der Waals surface area contributed by atoms with E-state index in [4.69, 9.17) is 9.84 Å². The van der Waals surface area contributed by atoms with Gasteiger partial charge in [-0.3, -0.25) is 9.59 Å². The molecule has 0 aliphatic carbocycles. The Morgan fingerprint density at radius 2 is 2.00 bits per heavy atom. The molecule has 88 valence electrons. The smallest absolute Gasteiger partial charge is 0.326 e. The molecule has 1 N–H and O–H groups in total. The topological polar surface area (TPSA) is 63.6 Å². The lowest BCUT2D eigenvalue weighted by Gasteiger charge is -2.26. The van der Waals surface area contributed by atoms with Gasteiger partial charge in [-0.15, -0.1) is 0 Å². The monoisotopic (exact) mass is 232 g/mol. The molecule has 0 saturated carbocycles. The summed E-state index contributed by atoms with van der Waals surface area (Å²) < 4.78 is 4.89. The van der Waals surface area contributed by atoms with Crippen LogP contribution < -0.4 is 0 Å². The molecule has 1 aliphatic rings. The maximum atomic E-state index is 11.6. The number of benzene rings is 1. The Morgan fingerprint density at radius 3 is 2.53 bits per heavy atom. The molecule has 2 atom stereocenters. The summed E-state index contributed by atoms with van der Waals surface area (Å²) in [6.45, 7) is 5.32. The van der Waals surface area contributed by atoms with Gasteiger partial charge in [-0.2, -0.15) is 0 Å². The number of esters is 1. The molecule has 1 unspecified atom stereocenters. The van der Waals surface area contributed by atoms with Gasteiger partial charge in [0.2, 0.25) is 0 Å². The predicted octanol–water partition coefficient (Wildman–Crippen LogP) is 1.72. The summed E-state index contributed by atoms with van der Waals surface area (Å²) in [7, 11) is 0. The second-order valence-electron chi connectivity index (χ2n) is 4.18. The highest BCUT2D eigenvalue weighted by atomic mass is 16.5. The second kappa shape index (κ2) is 3.73. The number of carboxylic acid groups (broad SMARTS) is 1. The quantitative estimate of drug-likeness (QED) is 0.622. The highest BCUT2D eigenvalue weighted by molar-refractivity contribution is 5.99. The number of carbonyl (C=O) groups is 2. The van der Waals surface area contributed by atoms with Gasteiger partial charge >= 0.3 is 11.9 Å². The average molecular weight is 232 g/mol. The number of hydrogen-bond acceptors (Lipinski definition) is 3. The average Bonchev–Trinajstić information content (AvgIpc) is 2.51. The largest absolute Gasteiger partial charge is 0.481 e. The van der Waals surface area contributed by atoms with Gasteiger partial charge < -0.3 is 9.84 Å². The molecule has 1 fully saturated rings. The van der Waals surface area contributed by atoms with Gasteiger partial charge in [-0.1, -0.05) is 36.9 Å². The Kier molecular flexibility index (Phi) is 2.50. The third kappa shape index (κ3) is 1.53. The van der Waals surface area contributed by atoms with Crippen LogP contribution in [-0.4, -0.2) is 17.0 Å². The molecular formula is C13H12O4. The summed E-state index contributed by atoms with van der Waals surface area (Å²) in [4.78, 5) is 22.8. The number of carbonyl (C=O) groups excluding carboxylic acids is 1. The van der Waals surface area contributed by atoms with Gasteiger partial charge in [0.15, 0.2) is 5.92 Å². The lowest BCUT2D eigenvalue weighted by atomic mass is 9.72. The van der Waals surface area contributed by atoms with Gasteiger partial charge in [0.1, 0.15) is 5.76 Å². The standard InChI is InChI=1S/C13H12O4/c1-8-13(2,9-6-4-3-5-7-9)10(11(14)15)12(16)17-8/h3-7,10H,1H2,2H3,(H,14,15)/t10?,13-/m1/s1. The number of cyclic esters (lactones) is 1. The van der Waals surface area contributed by atoms with Crippen LogP contribution in [0, 0.1) is 5.92 Å². The van der Waals surface area contributed by atoms with Crippen molar-refractivity contribution in [1.82, 2.24) is 0 Å². The molecule has 0 radical (unpaired) electrons. The molecule has 0 aromatic heterocycles. The molecule has 4 nitrogen and oxygen atoms in total. The van der Waals surface area contributed by atoms with Crippen molar-refractivity contribution in [3.8, 4) is 0 Å². The lowest BCUT2D eigenvalue weighted by molar-refractivity contribution is -0.152. The van der Waals surface area contributed by atoms with Crippen molar-refractivity contribution in [3.05, 3.63) is 48.2 Å². The summed E-state index contributed by atoms with van der Waals surface area (Å²) in [6.07, 6.45) is 0. The Bertz CT molecular complexity index is 491. The number of hydrogen-bond donors (Lipinski definition) is 1. The predicted molar refractivity (Wildman–Crippen MR) is 60.2 cm³/mol. The van der Waals surface area contributed by atoms with Crippen molar-refractivity contribution >= 4 is 11.9 Å². The third-order valence-electron chi connectivity index (χ3n) is 3.24. The molecule has 0 spiro atoms. The SMILES string of the molecule is C=C1OC(=O)C(C(=O)O)[C@@]1(C)c1ccccc1. The molecule has 17 heavy (non-hydrogen) atoms. The van der Waals surface area contributed by atoms with Crippen molar-refractivity contribution in [2.75, 3.05) is 0 Å². The van der Waals surface area contributed by atoms with Gasteiger partial charge in [0.25, 0.3) is 0 Å². The second-order valence-corrected chi connectivity index (χ2v) is 4.18. The van der Waals surface area contributed by atoms with Crippen molar-refractivity contribution in [2.45, 2.75) is 12.3 Å². The normalized spacial score (nSPS) is 27.9. The molecule has 0 amide bonds. The van der Waals surface area contributed by atoms with E-state index >= 15 is 0 Å². The number of rotatable bonds is 2. The van der Waals surface area contributed by atoms with Gasteiger partial charge in [0.05, 0.1) is 5.41 Å². The van der Waals surface area contributed by atoms with Gasteiger partial charge in [-0.05, 0) is 12.5 Å². The Labute approximate surface area is 98.5 Å². The van der Waals surface area contributed by atoms with Gasteiger partial charge in [0, 0.05) is 0 Å². The first kappa shape index (κ1) is 11.4. The van der Waals surface area contributed by atoms with E-state index in [0.717, 1.165) is 0 Å². The third-order valence-corrected chi connectivity index (χ3v) is 3.24. The first-order chi connectivity index (χ1) is 7.98. The molecule has 1 aliphatic heterocycles. The zero-order chi connectivity index (χ0) is 12.6. The lowest BCUT2D eigenvalue weighted by Crippen LogP contribution is -2.36. The van der Waals surface area contributed by atoms with Crippen LogP contribution >= 0.6 is 0 Å². The van der Waals surface area contributed by atoms with Crippen LogP contribution in [0.4, 0.5) is 0 Å². The van der Waals surface area contributed by atoms with Crippen molar-refractivity contribution in [3.63, 3.8) is 0 Å². The number of carboxylic acids is 1. The summed E-state index contributed by atoms with van der Waals surface area (Å²) in [6, 6.07) is 8.93. The zero-order valence-electron chi connectivity index (χ0n) is 9.34. The van der Waals surface area contributed by atoms with Crippen LogP contribution in [0.5, 0.6) is 0 Å². The number of ether oxygens (including phenoxy) is 1. The van der Waals surface area contributed by atoms with Crippen LogP contribution in [0.25, 0.3) is 0 Å². The van der Waals surface area contributed by atoms with Crippen molar-refractivity contribution < 1.29 is 19.4 Å². The van der Waals surface area contributed by atoms with E-state index in [0.29, 0.717) is 5.56 Å².